The Kier molecular flexibility index (Phi) is 3.12. The number of hydrogen-bond donors (Lipinski definition) is 1. The van der Waals surface area contributed by atoms with Crippen molar-refractivity contribution in [1.29, 1.82) is 4.78 Å². The predicted molar refractivity (Wildman–Crippen MR) is 99.4 cm³/mol. The molecule has 2 bridgehead atoms. The Hall–Kier alpha value is -2.17. The first-order valence-electron chi connectivity index (χ1n) is 8.54. The first-order chi connectivity index (χ1) is 12.0. The van der Waals surface area contributed by atoms with Crippen LogP contribution in [0.1, 0.15) is 41.2 Å². The average Bonchev–Trinajstić information content (AvgIpc) is 3.20. The van der Waals surface area contributed by atoms with Crippen molar-refractivity contribution in [3.05, 3.63) is 77.4 Å². The van der Waals surface area contributed by atoms with Gasteiger partial charge in [-0.2, -0.15) is 0 Å². The van der Waals surface area contributed by atoms with E-state index in [0.29, 0.717) is 4.90 Å². The highest BCUT2D eigenvalue weighted by molar-refractivity contribution is 7.91. The van der Waals surface area contributed by atoms with Gasteiger partial charge in [0, 0.05) is 12.2 Å². The number of fused-ring (bicyclic) bond motifs is 7. The third-order valence-electron chi connectivity index (χ3n) is 5.52. The molecular weight excluding hydrogens is 330 g/mol. The highest BCUT2D eigenvalue weighted by Crippen LogP contribution is 2.59. The van der Waals surface area contributed by atoms with Gasteiger partial charge in [-0.25, -0.2) is 8.99 Å². The molecule has 0 aromatic heterocycles. The van der Waals surface area contributed by atoms with Crippen LogP contribution in [0.5, 0.6) is 0 Å². The Morgan fingerprint density at radius 2 is 1.76 bits per heavy atom. The van der Waals surface area contributed by atoms with Crippen LogP contribution in [-0.2, 0) is 14.5 Å². The maximum absolute atomic E-state index is 12.4. The van der Waals surface area contributed by atoms with Gasteiger partial charge in [-0.15, -0.1) is 0 Å². The monoisotopic (exact) mass is 349 g/mol. The van der Waals surface area contributed by atoms with Gasteiger partial charge in [0.2, 0.25) is 0 Å². The lowest BCUT2D eigenvalue weighted by Gasteiger charge is -2.24. The van der Waals surface area contributed by atoms with Gasteiger partial charge in [-0.3, -0.25) is 0 Å². The van der Waals surface area contributed by atoms with Gasteiger partial charge in [0.05, 0.1) is 26.8 Å². The highest BCUT2D eigenvalue weighted by atomic mass is 32.2. The smallest absolute Gasteiger partial charge is 0.0907 e. The molecule has 0 amide bonds. The minimum absolute atomic E-state index is 0.00694. The molecule has 3 nitrogen and oxygen atoms in total. The van der Waals surface area contributed by atoms with E-state index in [2.05, 4.69) is 36.4 Å². The van der Waals surface area contributed by atoms with Crippen molar-refractivity contribution in [2.45, 2.75) is 29.4 Å². The summed E-state index contributed by atoms with van der Waals surface area (Å²) in [6, 6.07) is 20.5. The Balaban J connectivity index is 1.66. The van der Waals surface area contributed by atoms with Crippen molar-refractivity contribution < 1.29 is 8.95 Å². The second kappa shape index (κ2) is 5.16. The third kappa shape index (κ3) is 2.17. The molecule has 1 saturated heterocycles. The SMILES string of the molecule is CS(=N)(=O)c1ccccc1[C@H]1C[C@H]2O[C@@H]1c1ccc3ccccc3c12. The summed E-state index contributed by atoms with van der Waals surface area (Å²) >= 11 is 0. The van der Waals surface area contributed by atoms with Crippen LogP contribution in [0.3, 0.4) is 0 Å². The Morgan fingerprint density at radius 3 is 2.60 bits per heavy atom. The minimum atomic E-state index is -2.76. The first kappa shape index (κ1) is 15.1. The molecule has 25 heavy (non-hydrogen) atoms. The third-order valence-corrected chi connectivity index (χ3v) is 6.73. The fourth-order valence-electron chi connectivity index (χ4n) is 4.51. The largest absolute Gasteiger partial charge is 0.365 e. The second-order valence-electron chi connectivity index (χ2n) is 7.06. The molecule has 126 valence electrons. The van der Waals surface area contributed by atoms with E-state index in [-0.39, 0.29) is 18.1 Å². The lowest BCUT2D eigenvalue weighted by atomic mass is 9.78. The van der Waals surface area contributed by atoms with Crippen molar-refractivity contribution in [3.8, 4) is 0 Å². The van der Waals surface area contributed by atoms with Crippen LogP contribution in [0.2, 0.25) is 0 Å². The van der Waals surface area contributed by atoms with E-state index in [1.54, 1.807) is 0 Å². The summed E-state index contributed by atoms with van der Waals surface area (Å²) < 4.78 is 26.8. The van der Waals surface area contributed by atoms with Crippen molar-refractivity contribution in [2.24, 2.45) is 0 Å². The lowest BCUT2D eigenvalue weighted by molar-refractivity contribution is 0.0677. The number of nitrogens with one attached hydrogen (secondary N) is 1. The first-order valence-corrected chi connectivity index (χ1v) is 10.5. The van der Waals surface area contributed by atoms with E-state index < -0.39 is 9.73 Å². The van der Waals surface area contributed by atoms with Crippen LogP contribution >= 0.6 is 0 Å². The fourth-order valence-corrected chi connectivity index (χ4v) is 5.52. The molecule has 5 rings (SSSR count). The van der Waals surface area contributed by atoms with Crippen LogP contribution in [0.4, 0.5) is 0 Å². The summed E-state index contributed by atoms with van der Waals surface area (Å²) in [7, 11) is -2.76. The van der Waals surface area contributed by atoms with Crippen molar-refractivity contribution in [1.82, 2.24) is 0 Å². The quantitative estimate of drug-likeness (QED) is 0.693. The van der Waals surface area contributed by atoms with Gasteiger partial charge in [-0.05, 0) is 39.9 Å². The molecule has 1 unspecified atom stereocenters. The molecule has 2 aliphatic heterocycles. The summed E-state index contributed by atoms with van der Waals surface area (Å²) in [6.07, 6.45) is 2.47. The summed E-state index contributed by atoms with van der Waals surface area (Å²) in [5.41, 5.74) is 3.58. The summed E-state index contributed by atoms with van der Waals surface area (Å²) in [6.45, 7) is 0. The normalized spacial score (nSPS) is 26.5. The molecule has 0 spiro atoms. The van der Waals surface area contributed by atoms with Crippen LogP contribution in [0.15, 0.2) is 65.6 Å². The van der Waals surface area contributed by atoms with Crippen molar-refractivity contribution in [2.75, 3.05) is 6.26 Å². The van der Waals surface area contributed by atoms with Crippen molar-refractivity contribution in [3.63, 3.8) is 0 Å². The van der Waals surface area contributed by atoms with Gasteiger partial charge in [0.25, 0.3) is 0 Å². The summed E-state index contributed by atoms with van der Waals surface area (Å²) in [5.74, 6) is 0.168. The summed E-state index contributed by atoms with van der Waals surface area (Å²) in [4.78, 5) is 0.651. The second-order valence-corrected chi connectivity index (χ2v) is 9.19. The fraction of sp³-hybridized carbons (Fsp3) is 0.238. The van der Waals surface area contributed by atoms with Gasteiger partial charge in [-0.1, -0.05) is 54.6 Å². The van der Waals surface area contributed by atoms with Crippen LogP contribution in [-0.4, -0.2) is 10.5 Å². The molecule has 0 aliphatic carbocycles. The standard InChI is InChI=1S/C21H19NO2S/c1-25(22,23)19-9-5-4-8-15(19)17-12-18-20-14-7-3-2-6-13(14)10-11-16(20)21(17)24-18/h2-11,17-18,21-22H,12H2,1H3/t17-,18-,21-,25?/m1/s1. The zero-order valence-electron chi connectivity index (χ0n) is 13.9. The van der Waals surface area contributed by atoms with Crippen LogP contribution in [0, 0.1) is 4.78 Å². The van der Waals surface area contributed by atoms with E-state index >= 15 is 0 Å². The zero-order valence-corrected chi connectivity index (χ0v) is 14.8. The molecule has 3 aromatic carbocycles. The van der Waals surface area contributed by atoms with E-state index in [1.165, 1.54) is 28.2 Å². The molecule has 1 fully saturated rings. The number of hydrogen-bond acceptors (Lipinski definition) is 3. The molecule has 2 aliphatic rings. The Morgan fingerprint density at radius 1 is 1.00 bits per heavy atom. The van der Waals surface area contributed by atoms with Gasteiger partial charge in [0.15, 0.2) is 0 Å². The summed E-state index contributed by atoms with van der Waals surface area (Å²) in [5, 5.41) is 2.52. The van der Waals surface area contributed by atoms with Crippen LogP contribution < -0.4 is 0 Å². The van der Waals surface area contributed by atoms with E-state index in [9.17, 15) is 4.21 Å². The van der Waals surface area contributed by atoms with Crippen LogP contribution in [0.25, 0.3) is 10.8 Å². The predicted octanol–water partition coefficient (Wildman–Crippen LogP) is 5.18. The highest BCUT2D eigenvalue weighted by Gasteiger charge is 2.47. The van der Waals surface area contributed by atoms with E-state index in [1.807, 2.05) is 24.3 Å². The van der Waals surface area contributed by atoms with Crippen molar-refractivity contribution >= 4 is 20.5 Å². The molecule has 4 atom stereocenters. The Bertz CT molecular complexity index is 1100. The Labute approximate surface area is 147 Å². The molecule has 1 N–H and O–H groups in total. The maximum Gasteiger partial charge on any atom is 0.0907 e. The van der Waals surface area contributed by atoms with Gasteiger partial charge < -0.3 is 4.74 Å². The van der Waals surface area contributed by atoms with E-state index in [4.69, 9.17) is 9.52 Å². The molecular formula is C21H19NO2S. The molecule has 0 radical (unpaired) electrons. The molecule has 3 aromatic rings. The zero-order chi connectivity index (χ0) is 17.2. The minimum Gasteiger partial charge on any atom is -0.365 e. The maximum atomic E-state index is 12.4. The average molecular weight is 349 g/mol. The topological polar surface area (TPSA) is 50.2 Å². The van der Waals surface area contributed by atoms with Gasteiger partial charge in [0.1, 0.15) is 0 Å². The molecule has 0 saturated carbocycles. The van der Waals surface area contributed by atoms with E-state index in [0.717, 1.165) is 12.0 Å². The number of rotatable bonds is 2. The molecule has 2 heterocycles. The van der Waals surface area contributed by atoms with Gasteiger partial charge >= 0.3 is 0 Å². The molecule has 4 heteroatoms. The number of ether oxygens (including phenoxy) is 1. The lowest BCUT2D eigenvalue weighted by Crippen LogP contribution is -2.13. The number of benzene rings is 3.